The Balaban J connectivity index is 1.70. The van der Waals surface area contributed by atoms with Gasteiger partial charge in [0.2, 0.25) is 0 Å². The molecule has 0 N–H and O–H groups in total. The lowest BCUT2D eigenvalue weighted by Crippen LogP contribution is -2.35. The fourth-order valence-corrected chi connectivity index (χ4v) is 5.75. The van der Waals surface area contributed by atoms with E-state index in [-0.39, 0.29) is 22.5 Å². The first-order valence-corrected chi connectivity index (χ1v) is 12.7. The second-order valence-electron chi connectivity index (χ2n) is 7.72. The van der Waals surface area contributed by atoms with Crippen LogP contribution in [0.3, 0.4) is 0 Å². The molecular weight excluding hydrogens is 442 g/mol. The van der Waals surface area contributed by atoms with Gasteiger partial charge in [-0.3, -0.25) is 4.79 Å². The van der Waals surface area contributed by atoms with Crippen LogP contribution < -0.4 is 4.74 Å². The zero-order valence-corrected chi connectivity index (χ0v) is 19.3. The van der Waals surface area contributed by atoms with Crippen LogP contribution in [0, 0.1) is 0 Å². The molecule has 0 fully saturated rings. The quantitative estimate of drug-likeness (QED) is 0.549. The molecule has 1 aliphatic heterocycles. The summed E-state index contributed by atoms with van der Waals surface area (Å²) in [6.07, 6.45) is 1.73. The Morgan fingerprint density at radius 3 is 2.67 bits per heavy atom. The number of carbonyl (C=O) groups is 1. The van der Waals surface area contributed by atoms with Gasteiger partial charge in [0.05, 0.1) is 23.1 Å². The van der Waals surface area contributed by atoms with Crippen molar-refractivity contribution in [2.75, 3.05) is 12.8 Å². The van der Waals surface area contributed by atoms with Crippen LogP contribution >= 0.6 is 22.9 Å². The van der Waals surface area contributed by atoms with Crippen LogP contribution in [-0.4, -0.2) is 38.1 Å². The van der Waals surface area contributed by atoms with Gasteiger partial charge in [0.15, 0.2) is 9.84 Å². The Kier molecular flexibility index (Phi) is 5.55. The SMILES string of the molecule is CC(C)Oc1ccc(S(C)(=O)=O)cc1C(=O)N1CCc2c(sc3ccc(Cl)cc23)C1. The molecule has 0 bridgehead atoms. The number of hydrogen-bond acceptors (Lipinski definition) is 5. The number of sulfone groups is 1. The molecule has 158 valence electrons. The topological polar surface area (TPSA) is 63.7 Å². The third-order valence-corrected chi connectivity index (χ3v) is 7.61. The van der Waals surface area contributed by atoms with Crippen LogP contribution in [0.1, 0.15) is 34.6 Å². The van der Waals surface area contributed by atoms with Gasteiger partial charge in [-0.15, -0.1) is 11.3 Å². The van der Waals surface area contributed by atoms with Gasteiger partial charge in [-0.2, -0.15) is 0 Å². The number of rotatable bonds is 4. The Hall–Kier alpha value is -2.09. The highest BCUT2D eigenvalue weighted by Gasteiger charge is 2.28. The minimum Gasteiger partial charge on any atom is -0.490 e. The molecular formula is C22H22ClNO4S2. The lowest BCUT2D eigenvalue weighted by molar-refractivity contribution is 0.0731. The van der Waals surface area contributed by atoms with Gasteiger partial charge < -0.3 is 9.64 Å². The Morgan fingerprint density at radius 2 is 1.97 bits per heavy atom. The number of hydrogen-bond donors (Lipinski definition) is 0. The van der Waals surface area contributed by atoms with E-state index < -0.39 is 9.84 Å². The van der Waals surface area contributed by atoms with E-state index in [9.17, 15) is 13.2 Å². The minimum atomic E-state index is -3.44. The monoisotopic (exact) mass is 463 g/mol. The van der Waals surface area contributed by atoms with Gasteiger partial charge in [-0.1, -0.05) is 11.6 Å². The van der Waals surface area contributed by atoms with Crippen molar-refractivity contribution in [3.05, 3.63) is 57.4 Å². The van der Waals surface area contributed by atoms with E-state index in [1.807, 2.05) is 32.0 Å². The third-order valence-electron chi connectivity index (χ3n) is 5.06. The number of benzene rings is 2. The van der Waals surface area contributed by atoms with E-state index in [0.29, 0.717) is 23.9 Å². The molecule has 0 spiro atoms. The summed E-state index contributed by atoms with van der Waals surface area (Å²) in [4.78, 5) is 16.4. The number of thiophene rings is 1. The second-order valence-corrected chi connectivity index (χ2v) is 11.3. The lowest BCUT2D eigenvalue weighted by Gasteiger charge is -2.28. The molecule has 0 aliphatic carbocycles. The molecule has 2 aromatic carbocycles. The van der Waals surface area contributed by atoms with E-state index in [0.717, 1.165) is 27.6 Å². The first-order valence-electron chi connectivity index (χ1n) is 9.63. The first-order chi connectivity index (χ1) is 14.1. The van der Waals surface area contributed by atoms with Crippen molar-refractivity contribution < 1.29 is 17.9 Å². The standard InChI is InChI=1S/C22H22ClNO4S2/c1-13(2)28-19-6-5-15(30(3,26)27)11-18(19)22(25)24-9-8-16-17-10-14(23)4-7-20(17)29-21(16)12-24/h4-7,10-11,13H,8-9,12H2,1-3H3. The van der Waals surface area contributed by atoms with Gasteiger partial charge in [0.25, 0.3) is 5.91 Å². The van der Waals surface area contributed by atoms with Gasteiger partial charge in [-0.25, -0.2) is 8.42 Å². The van der Waals surface area contributed by atoms with Gasteiger partial charge in [0.1, 0.15) is 5.75 Å². The maximum atomic E-state index is 13.4. The first kappa shape index (κ1) is 21.2. The maximum absolute atomic E-state index is 13.4. The number of fused-ring (bicyclic) bond motifs is 3. The molecule has 2 heterocycles. The fourth-order valence-electron chi connectivity index (χ4n) is 3.68. The average Bonchev–Trinajstić information content (AvgIpc) is 3.03. The molecule has 5 nitrogen and oxygen atoms in total. The summed E-state index contributed by atoms with van der Waals surface area (Å²) < 4.78 is 31.0. The maximum Gasteiger partial charge on any atom is 0.258 e. The Labute approximate surface area is 185 Å². The van der Waals surface area contributed by atoms with Crippen molar-refractivity contribution in [1.82, 2.24) is 4.90 Å². The van der Waals surface area contributed by atoms with E-state index in [1.165, 1.54) is 17.7 Å². The van der Waals surface area contributed by atoms with Crippen molar-refractivity contribution in [2.24, 2.45) is 0 Å². The highest BCUT2D eigenvalue weighted by Crippen LogP contribution is 2.37. The van der Waals surface area contributed by atoms with Gasteiger partial charge in [-0.05, 0) is 67.6 Å². The average molecular weight is 464 g/mol. The summed E-state index contributed by atoms with van der Waals surface area (Å²) in [5.74, 6) is 0.175. The predicted molar refractivity (Wildman–Crippen MR) is 121 cm³/mol. The van der Waals surface area contributed by atoms with E-state index in [1.54, 1.807) is 22.3 Å². The molecule has 1 aromatic heterocycles. The van der Waals surface area contributed by atoms with E-state index in [4.69, 9.17) is 16.3 Å². The van der Waals surface area contributed by atoms with Gasteiger partial charge in [0, 0.05) is 27.4 Å². The summed E-state index contributed by atoms with van der Waals surface area (Å²) in [6.45, 7) is 4.77. The summed E-state index contributed by atoms with van der Waals surface area (Å²) >= 11 is 7.83. The smallest absolute Gasteiger partial charge is 0.258 e. The molecule has 1 amide bonds. The summed E-state index contributed by atoms with van der Waals surface area (Å²) in [5.41, 5.74) is 1.52. The van der Waals surface area contributed by atoms with E-state index in [2.05, 4.69) is 0 Å². The van der Waals surface area contributed by atoms with E-state index >= 15 is 0 Å². The molecule has 0 radical (unpaired) electrons. The molecule has 0 atom stereocenters. The zero-order chi connectivity index (χ0) is 21.6. The van der Waals surface area contributed by atoms with Crippen molar-refractivity contribution in [1.29, 1.82) is 0 Å². The fraction of sp³-hybridized carbons (Fsp3) is 0.318. The molecule has 4 rings (SSSR count). The highest BCUT2D eigenvalue weighted by atomic mass is 35.5. The second kappa shape index (κ2) is 7.87. The zero-order valence-electron chi connectivity index (χ0n) is 16.9. The van der Waals surface area contributed by atoms with Crippen LogP contribution in [0.5, 0.6) is 5.75 Å². The Bertz CT molecular complexity index is 1250. The molecule has 1 aliphatic rings. The molecule has 3 aromatic rings. The molecule has 0 saturated heterocycles. The van der Waals surface area contributed by atoms with Crippen molar-refractivity contribution in [3.8, 4) is 5.75 Å². The van der Waals surface area contributed by atoms with Crippen LogP contribution in [0.25, 0.3) is 10.1 Å². The van der Waals surface area contributed by atoms with Crippen LogP contribution in [0.2, 0.25) is 5.02 Å². The molecule has 8 heteroatoms. The largest absolute Gasteiger partial charge is 0.490 e. The van der Waals surface area contributed by atoms with Crippen LogP contribution in [0.15, 0.2) is 41.3 Å². The molecule has 0 unspecified atom stereocenters. The predicted octanol–water partition coefficient (Wildman–Crippen LogP) is 4.94. The van der Waals surface area contributed by atoms with Crippen molar-refractivity contribution in [3.63, 3.8) is 0 Å². The number of nitrogens with zero attached hydrogens (tertiary/aromatic N) is 1. The lowest BCUT2D eigenvalue weighted by atomic mass is 10.0. The van der Waals surface area contributed by atoms with Crippen LogP contribution in [0.4, 0.5) is 0 Å². The normalized spacial score (nSPS) is 14.2. The summed E-state index contributed by atoms with van der Waals surface area (Å²) in [5, 5.41) is 1.85. The number of carbonyl (C=O) groups excluding carboxylic acids is 1. The van der Waals surface area contributed by atoms with Crippen molar-refractivity contribution >= 4 is 48.8 Å². The minimum absolute atomic E-state index is 0.108. The summed E-state index contributed by atoms with van der Waals surface area (Å²) in [6, 6.07) is 10.3. The number of ether oxygens (including phenoxy) is 1. The number of halogens is 1. The Morgan fingerprint density at radius 1 is 1.20 bits per heavy atom. The highest BCUT2D eigenvalue weighted by molar-refractivity contribution is 7.90. The summed E-state index contributed by atoms with van der Waals surface area (Å²) in [7, 11) is -3.44. The van der Waals surface area contributed by atoms with Crippen molar-refractivity contribution in [2.45, 2.75) is 37.8 Å². The molecule has 0 saturated carbocycles. The number of amides is 1. The van der Waals surface area contributed by atoms with Crippen LogP contribution in [-0.2, 0) is 22.8 Å². The third kappa shape index (κ3) is 4.06. The van der Waals surface area contributed by atoms with Gasteiger partial charge >= 0.3 is 0 Å². The molecule has 30 heavy (non-hydrogen) atoms.